The molecule has 0 aromatic rings. The van der Waals surface area contributed by atoms with Crippen LogP contribution in [0.15, 0.2) is 0 Å². The Morgan fingerprint density at radius 2 is 1.90 bits per heavy atom. The molecule has 1 rings (SSSR count). The van der Waals surface area contributed by atoms with E-state index >= 15 is 0 Å². The molecule has 8 heteroatoms. The Balaban J connectivity index is 0.00000400. The molecule has 0 aromatic heterocycles. The van der Waals surface area contributed by atoms with E-state index in [4.69, 9.17) is 9.47 Å². The van der Waals surface area contributed by atoms with Gasteiger partial charge in [-0.25, -0.2) is 13.1 Å². The molecular formula is C13H29ClN2O4S. The van der Waals surface area contributed by atoms with Crippen molar-refractivity contribution in [3.05, 3.63) is 0 Å². The lowest BCUT2D eigenvalue weighted by molar-refractivity contribution is 0.0575. The lowest BCUT2D eigenvalue weighted by Gasteiger charge is -2.37. The van der Waals surface area contributed by atoms with Crippen molar-refractivity contribution in [2.75, 3.05) is 45.7 Å². The number of hydrogen-bond acceptors (Lipinski definition) is 5. The average molecular weight is 345 g/mol. The molecule has 0 amide bonds. The molecule has 0 atom stereocenters. The zero-order chi connectivity index (χ0) is 15.1. The van der Waals surface area contributed by atoms with Gasteiger partial charge >= 0.3 is 0 Å². The zero-order valence-corrected chi connectivity index (χ0v) is 14.8. The molecule has 0 aromatic carbocycles. The first-order chi connectivity index (χ1) is 9.39. The maximum absolute atomic E-state index is 12.0. The summed E-state index contributed by atoms with van der Waals surface area (Å²) in [7, 11) is -1.62. The van der Waals surface area contributed by atoms with Gasteiger partial charge in [0.15, 0.2) is 0 Å². The first-order valence-electron chi connectivity index (χ1n) is 7.18. The van der Waals surface area contributed by atoms with Gasteiger partial charge < -0.3 is 14.8 Å². The quantitative estimate of drug-likeness (QED) is 0.646. The molecule has 0 saturated carbocycles. The Bertz CT molecular complexity index is 365. The first kappa shape index (κ1) is 21.1. The van der Waals surface area contributed by atoms with E-state index in [1.54, 1.807) is 7.11 Å². The van der Waals surface area contributed by atoms with Crippen LogP contribution in [0.5, 0.6) is 0 Å². The molecule has 0 aliphatic carbocycles. The molecule has 21 heavy (non-hydrogen) atoms. The van der Waals surface area contributed by atoms with Crippen molar-refractivity contribution in [1.82, 2.24) is 10.0 Å². The van der Waals surface area contributed by atoms with Crippen molar-refractivity contribution in [3.63, 3.8) is 0 Å². The van der Waals surface area contributed by atoms with Gasteiger partial charge in [-0.2, -0.15) is 0 Å². The van der Waals surface area contributed by atoms with Crippen molar-refractivity contribution in [2.45, 2.75) is 32.8 Å². The number of methoxy groups -OCH3 is 1. The fourth-order valence-electron chi connectivity index (χ4n) is 2.36. The summed E-state index contributed by atoms with van der Waals surface area (Å²) in [6.45, 7) is 6.84. The van der Waals surface area contributed by atoms with E-state index in [0.717, 1.165) is 25.9 Å². The highest BCUT2D eigenvalue weighted by Crippen LogP contribution is 2.28. The van der Waals surface area contributed by atoms with Gasteiger partial charge in [0.1, 0.15) is 0 Å². The van der Waals surface area contributed by atoms with Gasteiger partial charge in [-0.3, -0.25) is 0 Å². The fourth-order valence-corrected chi connectivity index (χ4v) is 3.35. The second-order valence-corrected chi connectivity index (χ2v) is 7.67. The first-order valence-corrected chi connectivity index (χ1v) is 8.83. The van der Waals surface area contributed by atoms with E-state index in [0.29, 0.717) is 13.2 Å². The summed E-state index contributed by atoms with van der Waals surface area (Å²) in [6.07, 6.45) is 1.90. The Morgan fingerprint density at radius 3 is 2.43 bits per heavy atom. The van der Waals surface area contributed by atoms with Gasteiger partial charge in [0.2, 0.25) is 10.0 Å². The molecule has 128 valence electrons. The smallest absolute Gasteiger partial charge is 0.213 e. The highest BCUT2D eigenvalue weighted by molar-refractivity contribution is 7.89. The number of rotatable bonds is 9. The van der Waals surface area contributed by atoms with E-state index < -0.39 is 10.0 Å². The van der Waals surface area contributed by atoms with E-state index in [9.17, 15) is 8.42 Å². The number of sulfonamides is 1. The number of ether oxygens (including phenoxy) is 2. The van der Waals surface area contributed by atoms with Crippen LogP contribution in [0.25, 0.3) is 0 Å². The van der Waals surface area contributed by atoms with Crippen LogP contribution in [0.3, 0.4) is 0 Å². The molecule has 1 aliphatic rings. The Labute approximate surface area is 134 Å². The molecular weight excluding hydrogens is 316 g/mol. The molecule has 0 spiro atoms. The SMILES string of the molecule is COCC1(CNS(=O)(=O)CCOC(C)C)CCNCC1.Cl. The van der Waals surface area contributed by atoms with Gasteiger partial charge in [-0.15, -0.1) is 12.4 Å². The predicted octanol–water partition coefficient (Wildman–Crippen LogP) is 0.769. The maximum Gasteiger partial charge on any atom is 0.213 e. The van der Waals surface area contributed by atoms with Gasteiger partial charge in [0.25, 0.3) is 0 Å². The zero-order valence-electron chi connectivity index (χ0n) is 13.2. The summed E-state index contributed by atoms with van der Waals surface area (Å²) in [5.74, 6) is 0.00644. The molecule has 6 nitrogen and oxygen atoms in total. The molecule has 1 fully saturated rings. The summed E-state index contributed by atoms with van der Waals surface area (Å²) in [5, 5.41) is 3.29. The summed E-state index contributed by atoms with van der Waals surface area (Å²) in [4.78, 5) is 0. The second kappa shape index (κ2) is 9.97. The van der Waals surface area contributed by atoms with Crippen LogP contribution in [0.2, 0.25) is 0 Å². The molecule has 2 N–H and O–H groups in total. The van der Waals surface area contributed by atoms with E-state index in [1.165, 1.54) is 0 Å². The Morgan fingerprint density at radius 1 is 1.29 bits per heavy atom. The van der Waals surface area contributed by atoms with E-state index in [2.05, 4.69) is 10.0 Å². The van der Waals surface area contributed by atoms with Crippen molar-refractivity contribution in [1.29, 1.82) is 0 Å². The molecule has 0 radical (unpaired) electrons. The summed E-state index contributed by atoms with van der Waals surface area (Å²) in [5.41, 5.74) is -0.0913. The molecule has 1 heterocycles. The van der Waals surface area contributed by atoms with Crippen LogP contribution in [-0.2, 0) is 19.5 Å². The minimum absolute atomic E-state index is 0. The monoisotopic (exact) mass is 344 g/mol. The molecule has 0 unspecified atom stereocenters. The molecule has 1 aliphatic heterocycles. The van der Waals surface area contributed by atoms with Crippen LogP contribution in [-0.4, -0.2) is 60.2 Å². The normalized spacial score (nSPS) is 18.5. The predicted molar refractivity (Wildman–Crippen MR) is 86.5 cm³/mol. The van der Waals surface area contributed by atoms with Gasteiger partial charge in [-0.1, -0.05) is 0 Å². The highest BCUT2D eigenvalue weighted by Gasteiger charge is 2.33. The summed E-state index contributed by atoms with van der Waals surface area (Å²) < 4.78 is 37.2. The third-order valence-electron chi connectivity index (χ3n) is 3.59. The number of hydrogen-bond donors (Lipinski definition) is 2. The minimum atomic E-state index is -3.28. The van der Waals surface area contributed by atoms with Crippen molar-refractivity contribution < 1.29 is 17.9 Å². The minimum Gasteiger partial charge on any atom is -0.384 e. The van der Waals surface area contributed by atoms with Crippen molar-refractivity contribution >= 4 is 22.4 Å². The highest BCUT2D eigenvalue weighted by atomic mass is 35.5. The lowest BCUT2D eigenvalue weighted by atomic mass is 9.80. The van der Waals surface area contributed by atoms with E-state index in [-0.39, 0.29) is 36.3 Å². The topological polar surface area (TPSA) is 76.7 Å². The standard InChI is InChI=1S/C13H28N2O4S.ClH/c1-12(2)19-8-9-20(16,17)15-10-13(11-18-3)4-6-14-7-5-13;/h12,14-15H,4-11H2,1-3H3;1H. The van der Waals surface area contributed by atoms with Gasteiger partial charge in [0.05, 0.1) is 25.1 Å². The van der Waals surface area contributed by atoms with Crippen LogP contribution in [0.1, 0.15) is 26.7 Å². The summed E-state index contributed by atoms with van der Waals surface area (Å²) in [6, 6.07) is 0. The molecule has 0 bridgehead atoms. The number of nitrogens with one attached hydrogen (secondary N) is 2. The number of piperidine rings is 1. The maximum atomic E-state index is 12.0. The second-order valence-electron chi connectivity index (χ2n) is 5.74. The third kappa shape index (κ3) is 8.32. The van der Waals surface area contributed by atoms with Crippen LogP contribution < -0.4 is 10.0 Å². The van der Waals surface area contributed by atoms with Crippen molar-refractivity contribution in [3.8, 4) is 0 Å². The summed E-state index contributed by atoms with van der Waals surface area (Å²) >= 11 is 0. The Kier molecular flexibility index (Phi) is 10.0. The fraction of sp³-hybridized carbons (Fsp3) is 1.00. The lowest BCUT2D eigenvalue weighted by Crippen LogP contribution is -2.47. The van der Waals surface area contributed by atoms with Crippen LogP contribution in [0.4, 0.5) is 0 Å². The van der Waals surface area contributed by atoms with Gasteiger partial charge in [0, 0.05) is 19.1 Å². The average Bonchev–Trinajstić information content (AvgIpc) is 2.38. The van der Waals surface area contributed by atoms with E-state index in [1.807, 2.05) is 13.8 Å². The third-order valence-corrected chi connectivity index (χ3v) is 4.87. The number of halogens is 1. The van der Waals surface area contributed by atoms with Crippen molar-refractivity contribution in [2.24, 2.45) is 5.41 Å². The van der Waals surface area contributed by atoms with Crippen LogP contribution >= 0.6 is 12.4 Å². The Hall–Kier alpha value is 0.0800. The van der Waals surface area contributed by atoms with Crippen LogP contribution in [0, 0.1) is 5.41 Å². The molecule has 1 saturated heterocycles. The largest absolute Gasteiger partial charge is 0.384 e. The van der Waals surface area contributed by atoms with Gasteiger partial charge in [-0.05, 0) is 39.8 Å².